The summed E-state index contributed by atoms with van der Waals surface area (Å²) in [6, 6.07) is -3.30. The van der Waals surface area contributed by atoms with Crippen molar-refractivity contribution in [1.29, 1.82) is 0 Å². The highest BCUT2D eigenvalue weighted by molar-refractivity contribution is 5.84. The third kappa shape index (κ3) is 3.95. The van der Waals surface area contributed by atoms with Crippen molar-refractivity contribution in [1.82, 2.24) is 0 Å². The number of carbonyl (C=O) groups excluding carboxylic acids is 2. The van der Waals surface area contributed by atoms with Gasteiger partial charge >= 0.3 is 0 Å². The van der Waals surface area contributed by atoms with Gasteiger partial charge in [-0.05, 0) is 12.2 Å². The number of hydrogen-bond donors (Lipinski definition) is 0. The molecule has 0 aliphatic carbocycles. The van der Waals surface area contributed by atoms with Crippen LogP contribution >= 0.6 is 0 Å². The molecule has 0 spiro atoms. The molecule has 0 saturated carbocycles. The van der Waals surface area contributed by atoms with E-state index in [1.165, 1.54) is 0 Å². The summed E-state index contributed by atoms with van der Waals surface area (Å²) in [4.78, 5) is 40.6. The monoisotopic (exact) mass is 230 g/mol. The Bertz CT molecular complexity index is 300. The molecule has 2 unspecified atom stereocenters. The zero-order chi connectivity index (χ0) is 12.9. The van der Waals surface area contributed by atoms with Crippen LogP contribution in [-0.2, 0) is 9.59 Å². The van der Waals surface area contributed by atoms with Crippen LogP contribution in [0.3, 0.4) is 0 Å². The molecule has 0 radical (unpaired) electrons. The zero-order valence-electron chi connectivity index (χ0n) is 8.65. The van der Waals surface area contributed by atoms with Gasteiger partial charge in [0.2, 0.25) is 11.6 Å². The molecule has 88 valence electrons. The molecule has 2 atom stereocenters. The number of rotatable bonds is 6. The van der Waals surface area contributed by atoms with Gasteiger partial charge in [-0.2, -0.15) is 0 Å². The van der Waals surface area contributed by atoms with E-state index < -0.39 is 33.5 Å². The Morgan fingerprint density at radius 1 is 0.938 bits per heavy atom. The molecular formula is C8H10N2O6. The molecule has 0 saturated heterocycles. The summed E-state index contributed by atoms with van der Waals surface area (Å²) < 4.78 is 0. The first kappa shape index (κ1) is 13.9. The summed E-state index contributed by atoms with van der Waals surface area (Å²) in [5.41, 5.74) is 0. The van der Waals surface area contributed by atoms with Gasteiger partial charge in [-0.1, -0.05) is 0 Å². The molecule has 16 heavy (non-hydrogen) atoms. The van der Waals surface area contributed by atoms with Gasteiger partial charge in [0.05, 0.1) is 0 Å². The summed E-state index contributed by atoms with van der Waals surface area (Å²) in [6.45, 7) is 1.99. The van der Waals surface area contributed by atoms with Crippen molar-refractivity contribution < 1.29 is 19.4 Å². The molecule has 8 heteroatoms. The maximum atomic E-state index is 10.8. The second-order valence-corrected chi connectivity index (χ2v) is 3.07. The van der Waals surface area contributed by atoms with Crippen molar-refractivity contribution in [3.63, 3.8) is 0 Å². The van der Waals surface area contributed by atoms with E-state index in [1.807, 2.05) is 0 Å². The minimum Gasteiger partial charge on any atom is -0.292 e. The van der Waals surface area contributed by atoms with Crippen LogP contribution in [0.2, 0.25) is 0 Å². The average molecular weight is 230 g/mol. The van der Waals surface area contributed by atoms with E-state index in [0.29, 0.717) is 0 Å². The normalized spacial score (nSPS) is 14.4. The molecular weight excluding hydrogens is 220 g/mol. The van der Waals surface area contributed by atoms with E-state index >= 15 is 0 Å². The molecule has 0 aromatic heterocycles. The fourth-order valence-corrected chi connectivity index (χ4v) is 0.919. The van der Waals surface area contributed by atoms with Crippen LogP contribution in [0.25, 0.3) is 0 Å². The number of nitrogens with zero attached hydrogens (tertiary/aromatic N) is 2. The third-order valence-electron chi connectivity index (χ3n) is 1.76. The summed E-state index contributed by atoms with van der Waals surface area (Å²) >= 11 is 0. The average Bonchev–Trinajstić information content (AvgIpc) is 2.09. The summed E-state index contributed by atoms with van der Waals surface area (Å²) in [6.07, 6.45) is 1.52. The first-order valence-corrected chi connectivity index (χ1v) is 4.23. The van der Waals surface area contributed by atoms with Crippen LogP contribution in [0.15, 0.2) is 12.2 Å². The Kier molecular flexibility index (Phi) is 4.93. The van der Waals surface area contributed by atoms with Crippen molar-refractivity contribution in [2.24, 2.45) is 0 Å². The minimum atomic E-state index is -1.65. The second kappa shape index (κ2) is 5.69. The van der Waals surface area contributed by atoms with Crippen LogP contribution in [-0.4, -0.2) is 33.5 Å². The molecule has 0 bridgehead atoms. The molecule has 0 aromatic rings. The quantitative estimate of drug-likeness (QED) is 0.360. The molecule has 0 aliphatic heterocycles. The lowest BCUT2D eigenvalue weighted by atomic mass is 10.1. The first-order valence-electron chi connectivity index (χ1n) is 4.23. The fourth-order valence-electron chi connectivity index (χ4n) is 0.919. The SMILES string of the molecule is CC(=O)C(C=CC(C(C)=O)[N+](=O)[O-])[N+](=O)[O-]. The van der Waals surface area contributed by atoms with Crippen LogP contribution in [0.1, 0.15) is 13.8 Å². The van der Waals surface area contributed by atoms with Crippen molar-refractivity contribution in [3.05, 3.63) is 32.4 Å². The highest BCUT2D eigenvalue weighted by atomic mass is 16.6. The van der Waals surface area contributed by atoms with Crippen LogP contribution in [0.5, 0.6) is 0 Å². The predicted octanol–water partition coefficient (Wildman–Crippen LogP) is 0.0112. The van der Waals surface area contributed by atoms with E-state index in [1.54, 1.807) is 0 Å². The Morgan fingerprint density at radius 2 is 1.19 bits per heavy atom. The molecule has 0 fully saturated rings. The van der Waals surface area contributed by atoms with Gasteiger partial charge in [0.1, 0.15) is 0 Å². The van der Waals surface area contributed by atoms with Gasteiger partial charge in [-0.15, -0.1) is 0 Å². The van der Waals surface area contributed by atoms with Gasteiger partial charge in [-0.25, -0.2) is 0 Å². The molecule has 0 rings (SSSR count). The maximum absolute atomic E-state index is 10.8. The van der Waals surface area contributed by atoms with Crippen LogP contribution in [0, 0.1) is 20.2 Å². The minimum absolute atomic E-state index is 0.757. The van der Waals surface area contributed by atoms with Gasteiger partial charge < -0.3 is 0 Å². The van der Waals surface area contributed by atoms with Crippen molar-refractivity contribution >= 4 is 11.6 Å². The maximum Gasteiger partial charge on any atom is 0.288 e. The Labute approximate surface area is 90.2 Å². The number of nitro groups is 2. The lowest BCUT2D eigenvalue weighted by Crippen LogP contribution is -2.28. The molecule has 8 nitrogen and oxygen atoms in total. The number of Topliss-reactive ketones (excluding diaryl/α,β-unsaturated/α-hetero) is 2. The van der Waals surface area contributed by atoms with Crippen molar-refractivity contribution in [2.45, 2.75) is 25.9 Å². The summed E-state index contributed by atoms with van der Waals surface area (Å²) in [7, 11) is 0. The molecule has 0 aliphatic rings. The van der Waals surface area contributed by atoms with Gasteiger partial charge in [0, 0.05) is 23.7 Å². The Morgan fingerprint density at radius 3 is 1.31 bits per heavy atom. The smallest absolute Gasteiger partial charge is 0.288 e. The van der Waals surface area contributed by atoms with E-state index in [9.17, 15) is 29.8 Å². The first-order chi connectivity index (χ1) is 7.27. The van der Waals surface area contributed by atoms with Crippen LogP contribution in [0.4, 0.5) is 0 Å². The lowest BCUT2D eigenvalue weighted by Gasteiger charge is -2.01. The Balaban J connectivity index is 4.90. The highest BCUT2D eigenvalue weighted by Crippen LogP contribution is 2.00. The fraction of sp³-hybridized carbons (Fsp3) is 0.500. The van der Waals surface area contributed by atoms with Gasteiger partial charge in [-0.3, -0.25) is 29.8 Å². The molecule has 0 amide bonds. The van der Waals surface area contributed by atoms with E-state index in [-0.39, 0.29) is 0 Å². The molecule has 0 aromatic carbocycles. The second-order valence-electron chi connectivity index (χ2n) is 3.07. The van der Waals surface area contributed by atoms with E-state index in [4.69, 9.17) is 0 Å². The topological polar surface area (TPSA) is 120 Å². The number of ketones is 2. The summed E-state index contributed by atoms with van der Waals surface area (Å²) in [5.74, 6) is -1.51. The number of carbonyl (C=O) groups is 2. The summed E-state index contributed by atoms with van der Waals surface area (Å²) in [5, 5.41) is 20.7. The van der Waals surface area contributed by atoms with Crippen LogP contribution < -0.4 is 0 Å². The standard InChI is InChI=1S/C8H10N2O6/c1-5(11)7(9(13)14)3-4-8(6(2)12)10(15)16/h3-4,7-8H,1-2H3. The highest BCUT2D eigenvalue weighted by Gasteiger charge is 2.27. The van der Waals surface area contributed by atoms with Crippen molar-refractivity contribution in [3.8, 4) is 0 Å². The van der Waals surface area contributed by atoms with Gasteiger partial charge in [0.25, 0.3) is 12.1 Å². The predicted molar refractivity (Wildman–Crippen MR) is 52.1 cm³/mol. The Hall–Kier alpha value is -2.12. The lowest BCUT2D eigenvalue weighted by molar-refractivity contribution is -0.499. The van der Waals surface area contributed by atoms with E-state index in [2.05, 4.69) is 0 Å². The molecule has 0 N–H and O–H groups in total. The van der Waals surface area contributed by atoms with Gasteiger partial charge in [0.15, 0.2) is 0 Å². The largest absolute Gasteiger partial charge is 0.292 e. The van der Waals surface area contributed by atoms with Crippen molar-refractivity contribution in [2.75, 3.05) is 0 Å². The van der Waals surface area contributed by atoms with E-state index in [0.717, 1.165) is 26.0 Å². The zero-order valence-corrected chi connectivity index (χ0v) is 8.65. The number of hydrogen-bond acceptors (Lipinski definition) is 6. The molecule has 0 heterocycles. The third-order valence-corrected chi connectivity index (χ3v) is 1.76.